The number of rotatable bonds is 0. The van der Waals surface area contributed by atoms with Gasteiger partial charge in [0.2, 0.25) is 0 Å². The predicted molar refractivity (Wildman–Crippen MR) is 58.4 cm³/mol. The van der Waals surface area contributed by atoms with Gasteiger partial charge in [-0.3, -0.25) is 0 Å². The van der Waals surface area contributed by atoms with Crippen molar-refractivity contribution in [1.82, 2.24) is 0 Å². The van der Waals surface area contributed by atoms with Crippen molar-refractivity contribution in [2.24, 2.45) is 11.8 Å². The van der Waals surface area contributed by atoms with Crippen LogP contribution in [0.1, 0.15) is 39.5 Å². The average Bonchev–Trinajstić information content (AvgIpc) is 2.21. The third-order valence-corrected chi connectivity index (χ3v) is 2.78. The van der Waals surface area contributed by atoms with E-state index in [1.54, 1.807) is 0 Å². The van der Waals surface area contributed by atoms with Crippen molar-refractivity contribution in [3.05, 3.63) is 0 Å². The lowest BCUT2D eigenvalue weighted by atomic mass is 10.1. The number of hydrogen-bond acceptors (Lipinski definition) is 2. The Hall–Kier alpha value is -0.0800. The summed E-state index contributed by atoms with van der Waals surface area (Å²) in [6.07, 6.45) is 5.25. The average molecular weight is 200 g/mol. The van der Waals surface area contributed by atoms with E-state index in [0.717, 1.165) is 38.3 Å². The van der Waals surface area contributed by atoms with E-state index in [9.17, 15) is 0 Å². The van der Waals surface area contributed by atoms with Crippen LogP contribution in [0.25, 0.3) is 0 Å². The molecule has 0 spiro atoms. The minimum absolute atomic E-state index is 0.814. The molecule has 2 aliphatic rings. The Bertz CT molecular complexity index is 108. The zero-order chi connectivity index (χ0) is 10.2. The minimum atomic E-state index is 0.814. The summed E-state index contributed by atoms with van der Waals surface area (Å²) in [6, 6.07) is 0. The molecule has 0 unspecified atom stereocenters. The van der Waals surface area contributed by atoms with Gasteiger partial charge in [0, 0.05) is 26.4 Å². The molecule has 0 bridgehead atoms. The second-order valence-electron chi connectivity index (χ2n) is 4.64. The van der Waals surface area contributed by atoms with E-state index < -0.39 is 0 Å². The first-order valence-electron chi connectivity index (χ1n) is 5.94. The van der Waals surface area contributed by atoms with Gasteiger partial charge in [0.05, 0.1) is 0 Å². The Balaban J connectivity index is 0.000000140. The number of hydrogen-bond donors (Lipinski definition) is 0. The van der Waals surface area contributed by atoms with Crippen molar-refractivity contribution >= 4 is 0 Å². The van der Waals surface area contributed by atoms with Crippen molar-refractivity contribution in [2.75, 3.05) is 26.4 Å². The number of ether oxygens (including phenoxy) is 2. The van der Waals surface area contributed by atoms with Crippen LogP contribution in [0.15, 0.2) is 0 Å². The van der Waals surface area contributed by atoms with Crippen LogP contribution in [0, 0.1) is 11.8 Å². The molecule has 2 rings (SSSR count). The van der Waals surface area contributed by atoms with Gasteiger partial charge >= 0.3 is 0 Å². The molecule has 0 amide bonds. The highest BCUT2D eigenvalue weighted by atomic mass is 16.5. The fraction of sp³-hybridized carbons (Fsp3) is 1.00. The third kappa shape index (κ3) is 5.61. The molecule has 2 saturated heterocycles. The van der Waals surface area contributed by atoms with Crippen LogP contribution in [0.2, 0.25) is 0 Å². The Kier molecular flexibility index (Phi) is 6.20. The molecular weight excluding hydrogens is 176 g/mol. The summed E-state index contributed by atoms with van der Waals surface area (Å²) < 4.78 is 10.4. The Morgan fingerprint density at radius 1 is 0.786 bits per heavy atom. The molecule has 2 nitrogen and oxygen atoms in total. The van der Waals surface area contributed by atoms with Crippen molar-refractivity contribution in [3.8, 4) is 0 Å². The van der Waals surface area contributed by atoms with Crippen LogP contribution in [0.4, 0.5) is 0 Å². The quantitative estimate of drug-likeness (QED) is 0.598. The normalized spacial score (nSPS) is 33.0. The molecule has 0 aliphatic carbocycles. The summed E-state index contributed by atoms with van der Waals surface area (Å²) in [5.74, 6) is 1.63. The summed E-state index contributed by atoms with van der Waals surface area (Å²) in [5.41, 5.74) is 0. The minimum Gasteiger partial charge on any atom is -0.381 e. The molecule has 84 valence electrons. The van der Waals surface area contributed by atoms with E-state index >= 15 is 0 Å². The van der Waals surface area contributed by atoms with E-state index in [1.807, 2.05) is 0 Å². The molecule has 0 aromatic carbocycles. The maximum absolute atomic E-state index is 5.18. The Morgan fingerprint density at radius 3 is 1.36 bits per heavy atom. The first-order chi connectivity index (χ1) is 6.79. The molecule has 2 heterocycles. The molecule has 2 aliphatic heterocycles. The van der Waals surface area contributed by atoms with Crippen molar-refractivity contribution < 1.29 is 9.47 Å². The highest BCUT2D eigenvalue weighted by molar-refractivity contribution is 4.56. The molecule has 2 heteroatoms. The van der Waals surface area contributed by atoms with E-state index in [-0.39, 0.29) is 0 Å². The molecule has 0 aromatic heterocycles. The van der Waals surface area contributed by atoms with Gasteiger partial charge in [0.1, 0.15) is 0 Å². The maximum Gasteiger partial charge on any atom is 0.0491 e. The van der Waals surface area contributed by atoms with Gasteiger partial charge in [-0.25, -0.2) is 0 Å². The molecule has 0 radical (unpaired) electrons. The van der Waals surface area contributed by atoms with E-state index in [2.05, 4.69) is 13.8 Å². The second-order valence-corrected chi connectivity index (χ2v) is 4.64. The van der Waals surface area contributed by atoms with Gasteiger partial charge in [0.25, 0.3) is 0 Å². The Morgan fingerprint density at radius 2 is 1.21 bits per heavy atom. The van der Waals surface area contributed by atoms with Crippen molar-refractivity contribution in [1.29, 1.82) is 0 Å². The Labute approximate surface area is 88.0 Å². The molecule has 0 N–H and O–H groups in total. The molecule has 2 fully saturated rings. The van der Waals surface area contributed by atoms with Crippen molar-refractivity contribution in [3.63, 3.8) is 0 Å². The van der Waals surface area contributed by atoms with Crippen LogP contribution in [-0.4, -0.2) is 26.4 Å². The fourth-order valence-corrected chi connectivity index (χ4v) is 1.80. The summed E-state index contributed by atoms with van der Waals surface area (Å²) in [7, 11) is 0. The molecule has 0 saturated carbocycles. The smallest absolute Gasteiger partial charge is 0.0491 e. The second kappa shape index (κ2) is 7.24. The summed E-state index contributed by atoms with van der Waals surface area (Å²) in [4.78, 5) is 0. The summed E-state index contributed by atoms with van der Waals surface area (Å²) in [5, 5.41) is 0. The highest BCUT2D eigenvalue weighted by Gasteiger charge is 2.06. The lowest BCUT2D eigenvalue weighted by Gasteiger charge is -2.16. The van der Waals surface area contributed by atoms with Gasteiger partial charge in [-0.15, -0.1) is 0 Å². The standard InChI is InChI=1S/2C6H12O/c2*1-6-3-2-4-7-5-6/h2*6H,2-5H2,1H3/t2*6-/m10/s1. The van der Waals surface area contributed by atoms with Crippen LogP contribution in [0.3, 0.4) is 0 Å². The first-order valence-corrected chi connectivity index (χ1v) is 5.94. The monoisotopic (exact) mass is 200 g/mol. The SMILES string of the molecule is C[C@@H]1CCCOC1.C[C@H]1CCCOC1. The van der Waals surface area contributed by atoms with Crippen LogP contribution in [-0.2, 0) is 9.47 Å². The first kappa shape index (κ1) is 12.0. The summed E-state index contributed by atoms with van der Waals surface area (Å²) in [6.45, 7) is 8.42. The maximum atomic E-state index is 5.18. The van der Waals surface area contributed by atoms with Crippen molar-refractivity contribution in [2.45, 2.75) is 39.5 Å². The van der Waals surface area contributed by atoms with Gasteiger partial charge in [-0.05, 0) is 37.5 Å². The van der Waals surface area contributed by atoms with Gasteiger partial charge < -0.3 is 9.47 Å². The van der Waals surface area contributed by atoms with Gasteiger partial charge in [-0.2, -0.15) is 0 Å². The molecular formula is C12H24O2. The van der Waals surface area contributed by atoms with Crippen LogP contribution >= 0.6 is 0 Å². The zero-order valence-corrected chi connectivity index (χ0v) is 9.63. The molecule has 2 atom stereocenters. The molecule has 0 aromatic rings. The van der Waals surface area contributed by atoms with E-state index in [0.29, 0.717) is 0 Å². The zero-order valence-electron chi connectivity index (χ0n) is 9.63. The van der Waals surface area contributed by atoms with E-state index in [1.165, 1.54) is 25.7 Å². The lowest BCUT2D eigenvalue weighted by Crippen LogP contribution is -2.13. The fourth-order valence-electron chi connectivity index (χ4n) is 1.80. The predicted octanol–water partition coefficient (Wildman–Crippen LogP) is 2.87. The largest absolute Gasteiger partial charge is 0.381 e. The van der Waals surface area contributed by atoms with Crippen LogP contribution < -0.4 is 0 Å². The van der Waals surface area contributed by atoms with Crippen LogP contribution in [0.5, 0.6) is 0 Å². The third-order valence-electron chi connectivity index (χ3n) is 2.78. The lowest BCUT2D eigenvalue weighted by molar-refractivity contribution is 0.0615. The van der Waals surface area contributed by atoms with E-state index in [4.69, 9.17) is 9.47 Å². The molecule has 14 heavy (non-hydrogen) atoms. The topological polar surface area (TPSA) is 18.5 Å². The van der Waals surface area contributed by atoms with Gasteiger partial charge in [0.15, 0.2) is 0 Å². The van der Waals surface area contributed by atoms with Gasteiger partial charge in [-0.1, -0.05) is 13.8 Å². The highest BCUT2D eigenvalue weighted by Crippen LogP contribution is 2.11. The summed E-state index contributed by atoms with van der Waals surface area (Å²) >= 11 is 0.